The summed E-state index contributed by atoms with van der Waals surface area (Å²) in [4.78, 5) is 15.0. The molecule has 1 aliphatic rings. The Labute approximate surface area is 159 Å². The molecule has 4 rings (SSSR count). The predicted molar refractivity (Wildman–Crippen MR) is 108 cm³/mol. The highest BCUT2D eigenvalue weighted by atomic mass is 16.5. The molecule has 136 valence electrons. The molecule has 1 heterocycles. The van der Waals surface area contributed by atoms with E-state index < -0.39 is 6.10 Å². The summed E-state index contributed by atoms with van der Waals surface area (Å²) in [5.41, 5.74) is 9.47. The zero-order valence-corrected chi connectivity index (χ0v) is 15.0. The Balaban J connectivity index is 1.59. The topological polar surface area (TPSA) is 55.6 Å². The fourth-order valence-electron chi connectivity index (χ4n) is 3.44. The second kappa shape index (κ2) is 7.54. The molecule has 0 saturated heterocycles. The number of hydrogen-bond donors (Lipinski definition) is 1. The summed E-state index contributed by atoms with van der Waals surface area (Å²) in [7, 11) is 0. The van der Waals surface area contributed by atoms with Crippen molar-refractivity contribution in [3.05, 3.63) is 90.0 Å². The largest absolute Gasteiger partial charge is 0.474 e. The number of carbonyl (C=O) groups is 1. The Morgan fingerprint density at radius 1 is 0.926 bits per heavy atom. The van der Waals surface area contributed by atoms with Crippen molar-refractivity contribution >= 4 is 17.3 Å². The van der Waals surface area contributed by atoms with E-state index >= 15 is 0 Å². The number of nitrogens with zero attached hydrogens (tertiary/aromatic N) is 1. The van der Waals surface area contributed by atoms with Gasteiger partial charge in [0.15, 0.2) is 0 Å². The summed E-state index contributed by atoms with van der Waals surface area (Å²) in [5, 5.41) is 0. The normalized spacial score (nSPS) is 15.9. The lowest BCUT2D eigenvalue weighted by atomic mass is 10.0. The molecule has 0 fully saturated rings. The molecule has 1 amide bonds. The fourth-order valence-corrected chi connectivity index (χ4v) is 3.44. The van der Waals surface area contributed by atoms with E-state index in [0.29, 0.717) is 18.0 Å². The van der Waals surface area contributed by atoms with E-state index in [1.54, 1.807) is 6.07 Å². The Kier molecular flexibility index (Phi) is 4.79. The summed E-state index contributed by atoms with van der Waals surface area (Å²) in [6.07, 6.45) is 1.16. The highest BCUT2D eigenvalue weighted by Gasteiger charge is 2.35. The molecule has 4 nitrogen and oxygen atoms in total. The molecular weight excluding hydrogens is 336 g/mol. The summed E-state index contributed by atoms with van der Waals surface area (Å²) >= 11 is 0. The van der Waals surface area contributed by atoms with E-state index in [1.807, 2.05) is 65.6 Å². The first kappa shape index (κ1) is 17.2. The molecule has 27 heavy (non-hydrogen) atoms. The number of anilines is 2. The molecule has 4 heteroatoms. The molecule has 0 spiro atoms. The van der Waals surface area contributed by atoms with Gasteiger partial charge < -0.3 is 15.4 Å². The third-order valence-corrected chi connectivity index (χ3v) is 4.80. The fraction of sp³-hybridized carbons (Fsp3) is 0.174. The number of hydrogen-bond acceptors (Lipinski definition) is 3. The standard InChI is InChI=1S/C23H22N2O2/c24-19-13-14-20-21(16-19)27-22(18-11-5-2-6-12-18)23(26)25(20)15-7-10-17-8-3-1-4-9-17/h1-6,8-9,11-14,16,22H,7,10,15,24H2. The minimum Gasteiger partial charge on any atom is -0.474 e. The first-order valence-corrected chi connectivity index (χ1v) is 9.19. The van der Waals surface area contributed by atoms with Gasteiger partial charge in [0.25, 0.3) is 5.91 Å². The quantitative estimate of drug-likeness (QED) is 0.689. The van der Waals surface area contributed by atoms with E-state index in [-0.39, 0.29) is 5.91 Å². The van der Waals surface area contributed by atoms with Gasteiger partial charge in [0, 0.05) is 23.9 Å². The van der Waals surface area contributed by atoms with Crippen LogP contribution in [0.15, 0.2) is 78.9 Å². The van der Waals surface area contributed by atoms with Crippen molar-refractivity contribution in [2.45, 2.75) is 18.9 Å². The Morgan fingerprint density at radius 3 is 2.37 bits per heavy atom. The van der Waals surface area contributed by atoms with E-state index in [0.717, 1.165) is 24.1 Å². The molecule has 3 aromatic carbocycles. The monoisotopic (exact) mass is 358 g/mol. The Morgan fingerprint density at radius 2 is 1.63 bits per heavy atom. The van der Waals surface area contributed by atoms with Gasteiger partial charge >= 0.3 is 0 Å². The molecule has 0 radical (unpaired) electrons. The van der Waals surface area contributed by atoms with Gasteiger partial charge in [-0.3, -0.25) is 4.79 Å². The molecule has 0 aromatic heterocycles. The van der Waals surface area contributed by atoms with Crippen molar-refractivity contribution in [1.29, 1.82) is 0 Å². The van der Waals surface area contributed by atoms with Crippen LogP contribution in [0.5, 0.6) is 5.75 Å². The maximum atomic E-state index is 13.2. The molecule has 1 aliphatic heterocycles. The smallest absolute Gasteiger partial charge is 0.272 e. The Hall–Kier alpha value is -3.27. The van der Waals surface area contributed by atoms with Gasteiger partial charge in [-0.05, 0) is 30.5 Å². The number of nitrogen functional groups attached to an aromatic ring is 1. The van der Waals surface area contributed by atoms with Crippen LogP contribution in [0, 0.1) is 0 Å². The van der Waals surface area contributed by atoms with Crippen LogP contribution < -0.4 is 15.4 Å². The first-order valence-electron chi connectivity index (χ1n) is 9.19. The van der Waals surface area contributed by atoms with Crippen LogP contribution in [-0.4, -0.2) is 12.5 Å². The van der Waals surface area contributed by atoms with E-state index in [1.165, 1.54) is 5.56 Å². The number of fused-ring (bicyclic) bond motifs is 1. The summed E-state index contributed by atoms with van der Waals surface area (Å²) in [6.45, 7) is 0.636. The number of amides is 1. The second-order valence-corrected chi connectivity index (χ2v) is 6.71. The lowest BCUT2D eigenvalue weighted by molar-refractivity contribution is -0.126. The van der Waals surface area contributed by atoms with Crippen molar-refractivity contribution in [3.8, 4) is 5.75 Å². The molecular formula is C23H22N2O2. The van der Waals surface area contributed by atoms with Crippen molar-refractivity contribution in [3.63, 3.8) is 0 Å². The molecule has 0 saturated carbocycles. The van der Waals surface area contributed by atoms with Crippen LogP contribution in [0.3, 0.4) is 0 Å². The summed E-state index contributed by atoms with van der Waals surface area (Å²) in [6, 6.07) is 25.4. The van der Waals surface area contributed by atoms with Crippen LogP contribution in [0.1, 0.15) is 23.7 Å². The third-order valence-electron chi connectivity index (χ3n) is 4.80. The highest BCUT2D eigenvalue weighted by Crippen LogP contribution is 2.40. The van der Waals surface area contributed by atoms with Crippen molar-refractivity contribution in [1.82, 2.24) is 0 Å². The van der Waals surface area contributed by atoms with Crippen molar-refractivity contribution in [2.24, 2.45) is 0 Å². The number of benzene rings is 3. The van der Waals surface area contributed by atoms with Gasteiger partial charge in [0.2, 0.25) is 6.10 Å². The van der Waals surface area contributed by atoms with Gasteiger partial charge in [-0.15, -0.1) is 0 Å². The molecule has 2 N–H and O–H groups in total. The lowest BCUT2D eigenvalue weighted by Gasteiger charge is -2.34. The number of nitrogens with two attached hydrogens (primary N) is 1. The van der Waals surface area contributed by atoms with Gasteiger partial charge in [-0.2, -0.15) is 0 Å². The van der Waals surface area contributed by atoms with Crippen LogP contribution in [0.4, 0.5) is 11.4 Å². The average molecular weight is 358 g/mol. The van der Waals surface area contributed by atoms with Crippen LogP contribution >= 0.6 is 0 Å². The van der Waals surface area contributed by atoms with Crippen molar-refractivity contribution < 1.29 is 9.53 Å². The zero-order valence-electron chi connectivity index (χ0n) is 15.0. The van der Waals surface area contributed by atoms with E-state index in [2.05, 4.69) is 12.1 Å². The first-order chi connectivity index (χ1) is 13.2. The van der Waals surface area contributed by atoms with Gasteiger partial charge in [0.1, 0.15) is 5.75 Å². The zero-order chi connectivity index (χ0) is 18.6. The highest BCUT2D eigenvalue weighted by molar-refractivity contribution is 6.00. The van der Waals surface area contributed by atoms with Gasteiger partial charge in [-0.1, -0.05) is 60.7 Å². The number of carbonyl (C=O) groups excluding carboxylic acids is 1. The maximum Gasteiger partial charge on any atom is 0.272 e. The van der Waals surface area contributed by atoms with E-state index in [9.17, 15) is 4.79 Å². The van der Waals surface area contributed by atoms with Crippen molar-refractivity contribution in [2.75, 3.05) is 17.2 Å². The second-order valence-electron chi connectivity index (χ2n) is 6.71. The van der Waals surface area contributed by atoms with Crippen LogP contribution in [-0.2, 0) is 11.2 Å². The van der Waals surface area contributed by atoms with E-state index in [4.69, 9.17) is 10.5 Å². The SMILES string of the molecule is Nc1ccc2c(c1)OC(c1ccccc1)C(=O)N2CCCc1ccccc1. The molecule has 3 aromatic rings. The van der Waals surface area contributed by atoms with Crippen LogP contribution in [0.25, 0.3) is 0 Å². The predicted octanol–water partition coefficient (Wildman–Crippen LogP) is 4.37. The molecule has 0 aliphatic carbocycles. The lowest BCUT2D eigenvalue weighted by Crippen LogP contribution is -2.41. The number of aryl methyl sites for hydroxylation is 1. The summed E-state index contributed by atoms with van der Waals surface area (Å²) in [5.74, 6) is 0.620. The Bertz CT molecular complexity index is 926. The molecule has 0 bridgehead atoms. The van der Waals surface area contributed by atoms with Crippen LogP contribution in [0.2, 0.25) is 0 Å². The number of ether oxygens (including phenoxy) is 1. The minimum atomic E-state index is -0.641. The van der Waals surface area contributed by atoms with Gasteiger partial charge in [0.05, 0.1) is 5.69 Å². The number of rotatable bonds is 5. The summed E-state index contributed by atoms with van der Waals surface area (Å²) < 4.78 is 6.03. The third kappa shape index (κ3) is 3.65. The maximum absolute atomic E-state index is 13.2. The molecule has 1 atom stereocenters. The minimum absolute atomic E-state index is 0.0356. The average Bonchev–Trinajstić information content (AvgIpc) is 2.71. The molecule has 1 unspecified atom stereocenters. The van der Waals surface area contributed by atoms with Gasteiger partial charge in [-0.25, -0.2) is 0 Å².